The molecule has 0 aliphatic carbocycles. The largest absolute Gasteiger partial charge is 0.313 e. The summed E-state index contributed by atoms with van der Waals surface area (Å²) in [5, 5.41) is 3.40. The first-order chi connectivity index (χ1) is 7.18. The monoisotopic (exact) mass is 207 g/mol. The molecule has 1 rings (SSSR count). The third-order valence-corrected chi connectivity index (χ3v) is 2.22. The first-order valence-electron chi connectivity index (χ1n) is 5.49. The summed E-state index contributed by atoms with van der Waals surface area (Å²) in [5.74, 6) is 0. The molecule has 0 spiro atoms. The molecule has 3 nitrogen and oxygen atoms in total. The maximum atomic E-state index is 4.10. The molecule has 0 radical (unpaired) electrons. The van der Waals surface area contributed by atoms with Gasteiger partial charge < -0.3 is 10.2 Å². The number of hydrogen-bond donors (Lipinski definition) is 1. The van der Waals surface area contributed by atoms with Crippen molar-refractivity contribution < 1.29 is 0 Å². The van der Waals surface area contributed by atoms with Crippen LogP contribution in [0.5, 0.6) is 0 Å². The fourth-order valence-corrected chi connectivity index (χ4v) is 1.43. The van der Waals surface area contributed by atoms with Gasteiger partial charge in [-0.25, -0.2) is 0 Å². The van der Waals surface area contributed by atoms with Gasteiger partial charge in [0.15, 0.2) is 0 Å². The SMILES string of the molecule is CC(C)NCCN(C)Cc1cccnc1. The quantitative estimate of drug-likeness (QED) is 0.766. The van der Waals surface area contributed by atoms with E-state index in [2.05, 4.69) is 42.2 Å². The summed E-state index contributed by atoms with van der Waals surface area (Å²) in [6, 6.07) is 4.66. The van der Waals surface area contributed by atoms with Crippen molar-refractivity contribution in [2.45, 2.75) is 26.4 Å². The van der Waals surface area contributed by atoms with Crippen molar-refractivity contribution in [2.24, 2.45) is 0 Å². The maximum absolute atomic E-state index is 4.10. The lowest BCUT2D eigenvalue weighted by atomic mass is 10.3. The molecule has 84 valence electrons. The number of aromatic nitrogens is 1. The standard InChI is InChI=1S/C12H21N3/c1-11(2)14-7-8-15(3)10-12-5-4-6-13-9-12/h4-6,9,11,14H,7-8,10H2,1-3H3. The predicted octanol–water partition coefficient (Wildman–Crippen LogP) is 1.51. The Kier molecular flexibility index (Phi) is 5.29. The van der Waals surface area contributed by atoms with E-state index < -0.39 is 0 Å². The maximum Gasteiger partial charge on any atom is 0.0312 e. The van der Waals surface area contributed by atoms with Crippen LogP contribution in [0.3, 0.4) is 0 Å². The minimum absolute atomic E-state index is 0.566. The van der Waals surface area contributed by atoms with Gasteiger partial charge in [0.25, 0.3) is 0 Å². The van der Waals surface area contributed by atoms with Gasteiger partial charge in [-0.15, -0.1) is 0 Å². The number of nitrogens with one attached hydrogen (secondary N) is 1. The van der Waals surface area contributed by atoms with E-state index in [0.717, 1.165) is 19.6 Å². The number of nitrogens with zero attached hydrogens (tertiary/aromatic N) is 2. The van der Waals surface area contributed by atoms with Crippen LogP contribution in [-0.4, -0.2) is 36.1 Å². The topological polar surface area (TPSA) is 28.2 Å². The Morgan fingerprint density at radius 1 is 1.47 bits per heavy atom. The van der Waals surface area contributed by atoms with Crippen molar-refractivity contribution >= 4 is 0 Å². The second-order valence-electron chi connectivity index (χ2n) is 4.21. The Labute approximate surface area is 92.5 Å². The molecule has 1 N–H and O–H groups in total. The van der Waals surface area contributed by atoms with Gasteiger partial charge in [-0.3, -0.25) is 4.98 Å². The summed E-state index contributed by atoms with van der Waals surface area (Å²) in [6.45, 7) is 7.40. The highest BCUT2D eigenvalue weighted by Crippen LogP contribution is 1.99. The number of hydrogen-bond acceptors (Lipinski definition) is 3. The van der Waals surface area contributed by atoms with E-state index in [9.17, 15) is 0 Å². The van der Waals surface area contributed by atoms with Gasteiger partial charge in [0.2, 0.25) is 0 Å². The van der Waals surface area contributed by atoms with Crippen LogP contribution in [0, 0.1) is 0 Å². The number of rotatable bonds is 6. The van der Waals surface area contributed by atoms with Crippen molar-refractivity contribution in [3.05, 3.63) is 30.1 Å². The fraction of sp³-hybridized carbons (Fsp3) is 0.583. The minimum Gasteiger partial charge on any atom is -0.313 e. The van der Waals surface area contributed by atoms with E-state index >= 15 is 0 Å². The highest BCUT2D eigenvalue weighted by molar-refractivity contribution is 5.07. The normalized spacial score (nSPS) is 11.3. The Balaban J connectivity index is 2.21. The third kappa shape index (κ3) is 5.50. The number of likely N-dealkylation sites (N-methyl/N-ethyl adjacent to an activating group) is 1. The van der Waals surface area contributed by atoms with E-state index in [1.165, 1.54) is 5.56 Å². The van der Waals surface area contributed by atoms with Crippen LogP contribution >= 0.6 is 0 Å². The Morgan fingerprint density at radius 2 is 2.27 bits per heavy atom. The van der Waals surface area contributed by atoms with Crippen molar-refractivity contribution in [2.75, 3.05) is 20.1 Å². The van der Waals surface area contributed by atoms with Crippen molar-refractivity contribution in [3.8, 4) is 0 Å². The van der Waals surface area contributed by atoms with Crippen LogP contribution in [0.1, 0.15) is 19.4 Å². The van der Waals surface area contributed by atoms with Crippen LogP contribution in [0.2, 0.25) is 0 Å². The lowest BCUT2D eigenvalue weighted by Gasteiger charge is -2.17. The minimum atomic E-state index is 0.566. The first kappa shape index (κ1) is 12.1. The summed E-state index contributed by atoms with van der Waals surface area (Å²) < 4.78 is 0. The van der Waals surface area contributed by atoms with Gasteiger partial charge in [-0.05, 0) is 18.7 Å². The van der Waals surface area contributed by atoms with Crippen molar-refractivity contribution in [1.82, 2.24) is 15.2 Å². The first-order valence-corrected chi connectivity index (χ1v) is 5.49. The van der Waals surface area contributed by atoms with E-state index in [1.54, 1.807) is 0 Å². The lowest BCUT2D eigenvalue weighted by molar-refractivity contribution is 0.319. The molecule has 0 saturated carbocycles. The van der Waals surface area contributed by atoms with Crippen LogP contribution < -0.4 is 5.32 Å². The molecule has 15 heavy (non-hydrogen) atoms. The molecule has 0 aromatic carbocycles. The van der Waals surface area contributed by atoms with E-state index in [-0.39, 0.29) is 0 Å². The molecule has 0 amide bonds. The molecule has 1 heterocycles. The molecule has 3 heteroatoms. The Bertz CT molecular complexity index is 259. The third-order valence-electron chi connectivity index (χ3n) is 2.22. The molecule has 0 aliphatic heterocycles. The highest BCUT2D eigenvalue weighted by atomic mass is 15.1. The van der Waals surface area contributed by atoms with Gasteiger partial charge >= 0.3 is 0 Å². The fourth-order valence-electron chi connectivity index (χ4n) is 1.43. The van der Waals surface area contributed by atoms with Gasteiger partial charge in [0.05, 0.1) is 0 Å². The summed E-state index contributed by atoms with van der Waals surface area (Å²) in [7, 11) is 2.13. The summed E-state index contributed by atoms with van der Waals surface area (Å²) >= 11 is 0. The van der Waals surface area contributed by atoms with Crippen LogP contribution in [-0.2, 0) is 6.54 Å². The smallest absolute Gasteiger partial charge is 0.0312 e. The Morgan fingerprint density at radius 3 is 2.87 bits per heavy atom. The summed E-state index contributed by atoms with van der Waals surface area (Å²) in [4.78, 5) is 6.40. The average molecular weight is 207 g/mol. The van der Waals surface area contributed by atoms with Gasteiger partial charge in [-0.1, -0.05) is 19.9 Å². The summed E-state index contributed by atoms with van der Waals surface area (Å²) in [5.41, 5.74) is 1.27. The average Bonchev–Trinajstić information content (AvgIpc) is 2.18. The zero-order valence-electron chi connectivity index (χ0n) is 9.90. The van der Waals surface area contributed by atoms with E-state index in [0.29, 0.717) is 6.04 Å². The van der Waals surface area contributed by atoms with Crippen molar-refractivity contribution in [3.63, 3.8) is 0 Å². The molecule has 0 aliphatic rings. The molecular formula is C12H21N3. The second-order valence-corrected chi connectivity index (χ2v) is 4.21. The molecule has 1 aromatic heterocycles. The zero-order chi connectivity index (χ0) is 11.1. The molecule has 0 atom stereocenters. The van der Waals surface area contributed by atoms with Gasteiger partial charge in [-0.2, -0.15) is 0 Å². The van der Waals surface area contributed by atoms with Gasteiger partial charge in [0, 0.05) is 38.1 Å². The van der Waals surface area contributed by atoms with Crippen molar-refractivity contribution in [1.29, 1.82) is 0 Å². The number of pyridine rings is 1. The predicted molar refractivity (Wildman–Crippen MR) is 63.7 cm³/mol. The molecule has 0 fully saturated rings. The summed E-state index contributed by atoms with van der Waals surface area (Å²) in [6.07, 6.45) is 3.73. The molecule has 0 bridgehead atoms. The highest BCUT2D eigenvalue weighted by Gasteiger charge is 2.00. The van der Waals surface area contributed by atoms with Crippen LogP contribution in [0.15, 0.2) is 24.5 Å². The Hall–Kier alpha value is -0.930. The second kappa shape index (κ2) is 6.53. The zero-order valence-corrected chi connectivity index (χ0v) is 9.90. The van der Waals surface area contributed by atoms with Crippen LogP contribution in [0.4, 0.5) is 0 Å². The van der Waals surface area contributed by atoms with E-state index in [4.69, 9.17) is 0 Å². The van der Waals surface area contributed by atoms with E-state index in [1.807, 2.05) is 18.5 Å². The van der Waals surface area contributed by atoms with Crippen LogP contribution in [0.25, 0.3) is 0 Å². The van der Waals surface area contributed by atoms with Gasteiger partial charge in [0.1, 0.15) is 0 Å². The molecular weight excluding hydrogens is 186 g/mol. The molecule has 1 aromatic rings. The lowest BCUT2D eigenvalue weighted by Crippen LogP contribution is -2.32. The molecule has 0 saturated heterocycles. The molecule has 0 unspecified atom stereocenters.